The summed E-state index contributed by atoms with van der Waals surface area (Å²) in [6.45, 7) is 1.79. The second kappa shape index (κ2) is 5.60. The van der Waals surface area contributed by atoms with Crippen LogP contribution in [0.4, 0.5) is 4.39 Å². The largest absolute Gasteiger partial charge is 0.480 e. The summed E-state index contributed by atoms with van der Waals surface area (Å²) in [4.78, 5) is 29.1. The van der Waals surface area contributed by atoms with E-state index in [1.807, 2.05) is 24.3 Å². The number of carbonyl (C=O) groups excluding carboxylic acids is 1. The Labute approximate surface area is 149 Å². The molecule has 1 aromatic heterocycles. The smallest absolute Gasteiger partial charge is 0.327 e. The summed E-state index contributed by atoms with van der Waals surface area (Å²) in [6.07, 6.45) is -1.59. The number of rotatable bonds is 4. The maximum Gasteiger partial charge on any atom is 0.327 e. The van der Waals surface area contributed by atoms with Crippen LogP contribution < -0.4 is 0 Å². The van der Waals surface area contributed by atoms with E-state index >= 15 is 0 Å². The van der Waals surface area contributed by atoms with E-state index < -0.39 is 34.2 Å². The van der Waals surface area contributed by atoms with Crippen LogP contribution in [0.15, 0.2) is 28.6 Å². The van der Waals surface area contributed by atoms with Gasteiger partial charge in [-0.15, -0.1) is 23.1 Å². The normalized spacial score (nSPS) is 32.0. The van der Waals surface area contributed by atoms with Crippen molar-refractivity contribution in [1.29, 1.82) is 0 Å². The maximum absolute atomic E-state index is 13.7. The summed E-state index contributed by atoms with van der Waals surface area (Å²) in [5.41, 5.74) is 0.909. The average Bonchev–Trinajstić information content (AvgIpc) is 3.09. The Morgan fingerprint density at radius 2 is 2.25 bits per heavy atom. The zero-order valence-electron chi connectivity index (χ0n) is 12.5. The van der Waals surface area contributed by atoms with Crippen LogP contribution in [0, 0.1) is 0 Å². The minimum Gasteiger partial charge on any atom is -0.480 e. The molecule has 2 aliphatic rings. The molecule has 5 nitrogen and oxygen atoms in total. The van der Waals surface area contributed by atoms with Crippen molar-refractivity contribution < 1.29 is 19.1 Å². The van der Waals surface area contributed by atoms with E-state index in [9.17, 15) is 19.1 Å². The van der Waals surface area contributed by atoms with Crippen molar-refractivity contribution in [3.63, 3.8) is 0 Å². The summed E-state index contributed by atoms with van der Waals surface area (Å²) >= 11 is 4.25. The van der Waals surface area contributed by atoms with Gasteiger partial charge in [0.05, 0.1) is 15.0 Å². The van der Waals surface area contributed by atoms with E-state index in [0.717, 1.165) is 14.6 Å². The molecule has 2 saturated heterocycles. The van der Waals surface area contributed by atoms with Gasteiger partial charge in [-0.1, -0.05) is 23.9 Å². The first-order valence-electron chi connectivity index (χ1n) is 7.26. The molecule has 0 spiro atoms. The molecule has 3 heterocycles. The first-order chi connectivity index (χ1) is 11.4. The number of aliphatic carboxylic acids is 1. The SMILES string of the molecule is C[C@@]1(CSc2nc3ccccc3s2)S[C@@H]2[C@@H](F)C(=O)N2[C@H]1C(=O)O. The number of β-lactam (4-membered cyclic amide) rings is 1. The molecular weight excluding hydrogens is 371 g/mol. The molecule has 9 heteroatoms. The molecule has 0 radical (unpaired) electrons. The zero-order valence-corrected chi connectivity index (χ0v) is 15.0. The number of halogens is 1. The van der Waals surface area contributed by atoms with Crippen LogP contribution in [0.25, 0.3) is 10.2 Å². The van der Waals surface area contributed by atoms with Crippen LogP contribution in [-0.2, 0) is 9.59 Å². The number of para-hydroxylation sites is 1. The Morgan fingerprint density at radius 1 is 1.50 bits per heavy atom. The predicted octanol–water partition coefficient (Wildman–Crippen LogP) is 2.85. The van der Waals surface area contributed by atoms with Gasteiger partial charge in [-0.3, -0.25) is 4.79 Å². The van der Waals surface area contributed by atoms with E-state index in [4.69, 9.17) is 0 Å². The van der Waals surface area contributed by atoms with Gasteiger partial charge in [-0.2, -0.15) is 0 Å². The van der Waals surface area contributed by atoms with E-state index in [1.54, 1.807) is 18.3 Å². The van der Waals surface area contributed by atoms with Gasteiger partial charge in [-0.25, -0.2) is 14.2 Å². The highest BCUT2D eigenvalue weighted by molar-refractivity contribution is 8.05. The number of carboxylic acid groups (broad SMARTS) is 1. The summed E-state index contributed by atoms with van der Waals surface area (Å²) in [5.74, 6) is -1.35. The number of carboxylic acids is 1. The van der Waals surface area contributed by atoms with Gasteiger partial charge in [0.25, 0.3) is 5.91 Å². The van der Waals surface area contributed by atoms with Crippen LogP contribution in [0.2, 0.25) is 0 Å². The molecule has 1 N–H and O–H groups in total. The third-order valence-corrected chi connectivity index (χ3v) is 8.57. The van der Waals surface area contributed by atoms with Crippen molar-refractivity contribution in [2.75, 3.05) is 5.75 Å². The van der Waals surface area contributed by atoms with Crippen LogP contribution in [-0.4, -0.2) is 55.0 Å². The van der Waals surface area contributed by atoms with Gasteiger partial charge in [0.2, 0.25) is 6.17 Å². The van der Waals surface area contributed by atoms with E-state index in [1.165, 1.54) is 28.4 Å². The van der Waals surface area contributed by atoms with Crippen molar-refractivity contribution >= 4 is 57.0 Å². The number of benzene rings is 1. The van der Waals surface area contributed by atoms with Crippen molar-refractivity contribution in [2.45, 2.75) is 33.6 Å². The number of thioether (sulfide) groups is 2. The molecule has 1 amide bonds. The number of hydrogen-bond donors (Lipinski definition) is 1. The highest BCUT2D eigenvalue weighted by Gasteiger charge is 2.65. The number of amides is 1. The first-order valence-corrected chi connectivity index (χ1v) is 9.94. The lowest BCUT2D eigenvalue weighted by Gasteiger charge is -2.39. The second-order valence-electron chi connectivity index (χ2n) is 5.95. The van der Waals surface area contributed by atoms with Crippen LogP contribution in [0.1, 0.15) is 6.92 Å². The minimum absolute atomic E-state index is 0.446. The quantitative estimate of drug-likeness (QED) is 0.646. The highest BCUT2D eigenvalue weighted by Crippen LogP contribution is 2.53. The third kappa shape index (κ3) is 2.33. The van der Waals surface area contributed by atoms with E-state index in [0.29, 0.717) is 5.75 Å². The second-order valence-corrected chi connectivity index (χ2v) is 9.85. The molecule has 4 rings (SSSR count). The summed E-state index contributed by atoms with van der Waals surface area (Å²) in [6, 6.07) is 6.78. The zero-order chi connectivity index (χ0) is 17.1. The molecular formula is C15H13FN2O3S3. The Hall–Kier alpha value is -1.32. The van der Waals surface area contributed by atoms with Crippen molar-refractivity contribution in [3.8, 4) is 0 Å². The lowest BCUT2D eigenvalue weighted by molar-refractivity contribution is -0.164. The van der Waals surface area contributed by atoms with Gasteiger partial charge in [-0.05, 0) is 19.1 Å². The standard InChI is InChI=1S/C15H13FN2O3S3/c1-15(6-22-14-17-7-4-2-3-5-8(7)23-14)10(13(20)21)18-11(19)9(16)12(18)24-15/h2-5,9-10,12H,6H2,1H3,(H,20,21)/t9-,10-,12+,15-/m0/s1. The molecule has 0 saturated carbocycles. The van der Waals surface area contributed by atoms with Gasteiger partial charge in [0.1, 0.15) is 11.4 Å². The first kappa shape index (κ1) is 16.2. The maximum atomic E-state index is 13.7. The molecule has 2 fully saturated rings. The van der Waals surface area contributed by atoms with Gasteiger partial charge < -0.3 is 10.0 Å². The van der Waals surface area contributed by atoms with E-state index in [2.05, 4.69) is 4.98 Å². The van der Waals surface area contributed by atoms with E-state index in [-0.39, 0.29) is 0 Å². The summed E-state index contributed by atoms with van der Waals surface area (Å²) in [5, 5.41) is 8.85. The molecule has 1 aromatic carbocycles. The highest BCUT2D eigenvalue weighted by atomic mass is 32.2. The fourth-order valence-electron chi connectivity index (χ4n) is 3.08. The fraction of sp³-hybridized carbons (Fsp3) is 0.400. The lowest BCUT2D eigenvalue weighted by atomic mass is 9.97. The Bertz CT molecular complexity index is 811. The third-order valence-electron chi connectivity index (χ3n) is 4.25. The van der Waals surface area contributed by atoms with Crippen LogP contribution in [0.3, 0.4) is 0 Å². The molecule has 24 heavy (non-hydrogen) atoms. The van der Waals surface area contributed by atoms with Crippen LogP contribution >= 0.6 is 34.9 Å². The summed E-state index contributed by atoms with van der Waals surface area (Å²) in [7, 11) is 0. The molecule has 0 unspecified atom stereocenters. The molecule has 4 atom stereocenters. The predicted molar refractivity (Wildman–Crippen MR) is 93.3 cm³/mol. The molecule has 0 bridgehead atoms. The van der Waals surface area contributed by atoms with Crippen molar-refractivity contribution in [2.24, 2.45) is 0 Å². The number of hydrogen-bond acceptors (Lipinski definition) is 6. The fourth-order valence-corrected chi connectivity index (χ4v) is 7.11. The Morgan fingerprint density at radius 3 is 2.96 bits per heavy atom. The number of aromatic nitrogens is 1. The molecule has 126 valence electrons. The van der Waals surface area contributed by atoms with Gasteiger partial charge in [0, 0.05) is 5.75 Å². The van der Waals surface area contributed by atoms with Crippen LogP contribution in [0.5, 0.6) is 0 Å². The number of thiazole rings is 1. The summed E-state index contributed by atoms with van der Waals surface area (Å²) < 4.78 is 14.9. The number of fused-ring (bicyclic) bond motifs is 2. The molecule has 0 aliphatic carbocycles. The Kier molecular flexibility index (Phi) is 3.77. The minimum atomic E-state index is -1.59. The lowest BCUT2D eigenvalue weighted by Crippen LogP contribution is -2.64. The number of alkyl halides is 1. The van der Waals surface area contributed by atoms with Crippen molar-refractivity contribution in [1.82, 2.24) is 9.88 Å². The van der Waals surface area contributed by atoms with Gasteiger partial charge in [0.15, 0.2) is 4.34 Å². The van der Waals surface area contributed by atoms with Crippen molar-refractivity contribution in [3.05, 3.63) is 24.3 Å². The monoisotopic (exact) mass is 384 g/mol. The number of nitrogens with zero attached hydrogens (tertiary/aromatic N) is 2. The van der Waals surface area contributed by atoms with Gasteiger partial charge >= 0.3 is 5.97 Å². The molecule has 2 aliphatic heterocycles. The number of carbonyl (C=O) groups is 2. The Balaban J connectivity index is 1.56. The average molecular weight is 384 g/mol. The molecule has 2 aromatic rings. The topological polar surface area (TPSA) is 70.5 Å².